The zero-order chi connectivity index (χ0) is 60.9. The van der Waals surface area contributed by atoms with Gasteiger partial charge < -0.3 is 39.7 Å². The summed E-state index contributed by atoms with van der Waals surface area (Å²) in [7, 11) is 10.1. The molecule has 2 aliphatic heterocycles. The van der Waals surface area contributed by atoms with Gasteiger partial charge in [0.15, 0.2) is 0 Å². The van der Waals surface area contributed by atoms with Crippen molar-refractivity contribution < 1.29 is 56.8 Å². The Labute approximate surface area is 503 Å². The normalized spacial score (nSPS) is 16.0. The molecule has 10 rings (SSSR count). The van der Waals surface area contributed by atoms with Crippen molar-refractivity contribution in [3.05, 3.63) is 139 Å². The zero-order valence-corrected chi connectivity index (χ0v) is 50.4. The number of halogens is 5. The van der Waals surface area contributed by atoms with Gasteiger partial charge in [-0.3, -0.25) is 19.2 Å². The second-order valence-electron chi connectivity index (χ2n) is 20.7. The van der Waals surface area contributed by atoms with Gasteiger partial charge >= 0.3 is 18.1 Å². The van der Waals surface area contributed by atoms with Gasteiger partial charge in [0.1, 0.15) is 31.5 Å². The molecule has 446 valence electrons. The van der Waals surface area contributed by atoms with E-state index in [4.69, 9.17) is 42.6 Å². The summed E-state index contributed by atoms with van der Waals surface area (Å²) in [6.45, 7) is 3.05. The van der Waals surface area contributed by atoms with Gasteiger partial charge in [0.2, 0.25) is 5.91 Å². The lowest BCUT2D eigenvalue weighted by Gasteiger charge is -2.36. The fourth-order valence-electron chi connectivity index (χ4n) is 10.3. The fourth-order valence-corrected chi connectivity index (χ4v) is 12.6. The number of carbonyl (C=O) groups excluding carboxylic acids is 3. The van der Waals surface area contributed by atoms with Crippen LogP contribution < -0.4 is 14.8 Å². The molecule has 0 spiro atoms. The highest BCUT2D eigenvalue weighted by Gasteiger charge is 2.46. The number of nitrogens with zero attached hydrogens (tertiary/aromatic N) is 7. The first kappa shape index (κ1) is 64.3. The molecule has 0 unspecified atom stereocenters. The second kappa shape index (κ2) is 28.6. The first-order valence-electron chi connectivity index (χ1n) is 26.9. The fraction of sp³-hybridized carbons (Fsp3) is 0.383. The molecule has 0 atom stereocenters. The van der Waals surface area contributed by atoms with Crippen LogP contribution in [0.3, 0.4) is 0 Å². The van der Waals surface area contributed by atoms with Crippen molar-refractivity contribution in [2.24, 2.45) is 0 Å². The molecule has 24 heteroatoms. The van der Waals surface area contributed by atoms with E-state index in [0.29, 0.717) is 34.3 Å². The van der Waals surface area contributed by atoms with Crippen LogP contribution in [0.2, 0.25) is 10.0 Å². The molecule has 4 aliphatic rings. The number of benzene rings is 4. The lowest BCUT2D eigenvalue weighted by atomic mass is 9.77. The minimum atomic E-state index is -5.08. The predicted molar refractivity (Wildman–Crippen MR) is 319 cm³/mol. The minimum absolute atomic E-state index is 0.112. The van der Waals surface area contributed by atoms with Crippen LogP contribution in [0.25, 0.3) is 32.3 Å². The van der Waals surface area contributed by atoms with Gasteiger partial charge in [0.05, 0.1) is 46.2 Å². The van der Waals surface area contributed by atoms with Crippen LogP contribution >= 0.6 is 45.9 Å². The third kappa shape index (κ3) is 15.4. The lowest BCUT2D eigenvalue weighted by molar-refractivity contribution is -0.192. The Hall–Kier alpha value is -7.24. The quantitative estimate of drug-likeness (QED) is 0.104. The lowest BCUT2D eigenvalue weighted by Crippen LogP contribution is -2.47. The Bertz CT molecular complexity index is 3410. The van der Waals surface area contributed by atoms with E-state index >= 15 is 0 Å². The number of amides is 3. The molecule has 0 bridgehead atoms. The first-order chi connectivity index (χ1) is 40.0. The average Bonchev–Trinajstić information content (AvgIpc) is 4.56. The zero-order valence-electron chi connectivity index (χ0n) is 47.2. The summed E-state index contributed by atoms with van der Waals surface area (Å²) in [5, 5.41) is 41.4. The number of aromatic nitrogens is 4. The Morgan fingerprint density at radius 1 is 0.631 bits per heavy atom. The van der Waals surface area contributed by atoms with E-state index in [2.05, 4.69) is 43.9 Å². The average molecular weight is 1230 g/mol. The van der Waals surface area contributed by atoms with Crippen molar-refractivity contribution >= 4 is 86.7 Å². The molecule has 4 heterocycles. The van der Waals surface area contributed by atoms with Crippen LogP contribution in [-0.4, -0.2) is 150 Å². The number of carbonyl (C=O) groups is 5. The molecular formula is C60H65Cl2F3N8O9S2. The number of aliphatic carboxylic acids is 2. The molecule has 0 saturated heterocycles. The number of ether oxygens (including phenoxy) is 2. The number of hydrogen-bond acceptors (Lipinski definition) is 14. The summed E-state index contributed by atoms with van der Waals surface area (Å²) in [6, 6.07) is 26.1. The van der Waals surface area contributed by atoms with E-state index in [0.717, 1.165) is 137 Å². The Morgan fingerprint density at radius 2 is 1.07 bits per heavy atom. The summed E-state index contributed by atoms with van der Waals surface area (Å²) in [5.41, 5.74) is 5.75. The van der Waals surface area contributed by atoms with Crippen LogP contribution in [0, 0.1) is 0 Å². The largest absolute Gasteiger partial charge is 0.497 e. The maximum atomic E-state index is 13.9. The summed E-state index contributed by atoms with van der Waals surface area (Å²) < 4.78 is 42.3. The van der Waals surface area contributed by atoms with E-state index in [1.807, 2.05) is 59.5 Å². The van der Waals surface area contributed by atoms with E-state index in [1.54, 1.807) is 78.0 Å². The van der Waals surface area contributed by atoms with Gasteiger partial charge in [-0.1, -0.05) is 120 Å². The second-order valence-corrected chi connectivity index (χ2v) is 23.4. The van der Waals surface area contributed by atoms with Crippen molar-refractivity contribution in [2.45, 2.75) is 81.2 Å². The van der Waals surface area contributed by atoms with Crippen molar-refractivity contribution in [3.8, 4) is 32.6 Å². The highest BCUT2D eigenvalue weighted by atomic mass is 35.5. The third-order valence-electron chi connectivity index (χ3n) is 14.9. The maximum Gasteiger partial charge on any atom is 0.490 e. The van der Waals surface area contributed by atoms with Crippen molar-refractivity contribution in [1.82, 2.24) is 40.4 Å². The highest BCUT2D eigenvalue weighted by molar-refractivity contribution is 7.16. The van der Waals surface area contributed by atoms with E-state index < -0.39 is 28.9 Å². The molecule has 2 saturated carbocycles. The molecule has 84 heavy (non-hydrogen) atoms. The van der Waals surface area contributed by atoms with Gasteiger partial charge in [-0.05, 0) is 116 Å². The van der Waals surface area contributed by atoms with E-state index in [9.17, 15) is 37.5 Å². The molecule has 3 amide bonds. The first-order valence-corrected chi connectivity index (χ1v) is 29.3. The maximum absolute atomic E-state index is 13.9. The number of hydrogen-bond donors (Lipinski definition) is 3. The van der Waals surface area contributed by atoms with Gasteiger partial charge in [-0.25, -0.2) is 4.79 Å². The van der Waals surface area contributed by atoms with Crippen LogP contribution in [0.4, 0.5) is 13.2 Å². The SMILES string of the molecule is CN(C)C(=O)c1ccc(-c2nnc(C3=CCNCC3)s2)cc1Cl.COc1cccc(C2(C(=O)N3CC=C(c4nnc(-c5ccc(C(=O)N(C)C)c(Cl)c5)s4)CC3)CCCC2)c1.COc1cccc(C2(C(=O)O)CCCC2)c1.O=C(O)C(F)(F)F. The standard InChI is InChI=1S/C29H31ClN4O3S.C16H17ClN4OS.C13H16O3.C2HF3O2/c1-33(2)27(35)23-10-9-20(17-24(23)30)26-32-31-25(38-26)19-11-15-34(16-12-19)28(36)29(13-4-5-14-29)21-7-6-8-22(18-21)37-3;1-21(2)16(22)12-4-3-11(9-13(12)17)15-20-19-14(23-15)10-5-7-18-8-6-10;1-16-11-6-4-5-10(9-11)13(12(14)15)7-2-3-8-13;3-2(4,5)1(6)7/h6-11,17-18H,4-5,12-16H2,1-3H3;3-5,9,18H,6-8H2,1-2H3;4-6,9H,2-3,7-8H2,1H3,(H,14,15);(H,6,7). The van der Waals surface area contributed by atoms with Gasteiger partial charge in [0.25, 0.3) is 11.8 Å². The summed E-state index contributed by atoms with van der Waals surface area (Å²) in [4.78, 5) is 63.6. The Kier molecular flexibility index (Phi) is 21.9. The van der Waals surface area contributed by atoms with Gasteiger partial charge in [-0.15, -0.1) is 20.4 Å². The molecule has 17 nitrogen and oxygen atoms in total. The van der Waals surface area contributed by atoms with Gasteiger partial charge in [-0.2, -0.15) is 13.2 Å². The molecule has 2 aliphatic carbocycles. The van der Waals surface area contributed by atoms with Crippen LogP contribution in [0.5, 0.6) is 11.5 Å². The van der Waals surface area contributed by atoms with Crippen molar-refractivity contribution in [1.29, 1.82) is 0 Å². The molecule has 6 aromatic rings. The van der Waals surface area contributed by atoms with E-state index in [1.165, 1.54) is 26.7 Å². The summed E-state index contributed by atoms with van der Waals surface area (Å²) in [5.74, 6) is -2.00. The minimum Gasteiger partial charge on any atom is -0.497 e. The Balaban J connectivity index is 0.000000186. The Morgan fingerprint density at radius 3 is 1.45 bits per heavy atom. The summed E-state index contributed by atoms with van der Waals surface area (Å²) in [6.07, 6.45) is 8.15. The van der Waals surface area contributed by atoms with Gasteiger partial charge in [0, 0.05) is 59.0 Å². The van der Waals surface area contributed by atoms with Crippen LogP contribution in [0.1, 0.15) is 106 Å². The summed E-state index contributed by atoms with van der Waals surface area (Å²) >= 11 is 15.7. The predicted octanol–water partition coefficient (Wildman–Crippen LogP) is 11.9. The van der Waals surface area contributed by atoms with E-state index in [-0.39, 0.29) is 17.7 Å². The number of nitrogens with one attached hydrogen (secondary N) is 1. The van der Waals surface area contributed by atoms with Crippen LogP contribution in [-0.2, 0) is 25.2 Å². The monoisotopic (exact) mass is 1230 g/mol. The molecule has 4 aromatic carbocycles. The number of rotatable bonds is 12. The van der Waals surface area contributed by atoms with Crippen LogP contribution in [0.15, 0.2) is 97.1 Å². The molecular weight excluding hydrogens is 1170 g/mol. The smallest absolute Gasteiger partial charge is 0.490 e. The number of alkyl halides is 3. The number of carboxylic acids is 2. The highest BCUT2D eigenvalue weighted by Crippen LogP contribution is 2.45. The number of methoxy groups -OCH3 is 2. The number of carboxylic acid groups (broad SMARTS) is 2. The third-order valence-corrected chi connectivity index (χ3v) is 17.6. The molecule has 0 radical (unpaired) electrons. The molecule has 3 N–H and O–H groups in total. The topological polar surface area (TPSA) is 218 Å². The molecule has 2 aromatic heterocycles. The van der Waals surface area contributed by atoms with Crippen molar-refractivity contribution in [3.63, 3.8) is 0 Å². The van der Waals surface area contributed by atoms with Crippen molar-refractivity contribution in [2.75, 3.05) is 68.6 Å². The molecule has 2 fully saturated rings.